The first-order chi connectivity index (χ1) is 14.4. The van der Waals surface area contributed by atoms with E-state index < -0.39 is 22.7 Å². The largest absolute Gasteiger partial charge is 0.425 e. The highest BCUT2D eigenvalue weighted by molar-refractivity contribution is 9.10. The van der Waals surface area contributed by atoms with E-state index in [0.717, 1.165) is 4.47 Å². The molecule has 4 nitrogen and oxygen atoms in total. The summed E-state index contributed by atoms with van der Waals surface area (Å²) in [4.78, 5) is 40.8. The van der Waals surface area contributed by atoms with Crippen LogP contribution in [0.25, 0.3) is 0 Å². The van der Waals surface area contributed by atoms with Crippen molar-refractivity contribution in [1.82, 2.24) is 0 Å². The summed E-state index contributed by atoms with van der Waals surface area (Å²) < 4.78 is 6.43. The molecule has 3 aromatic carbocycles. The summed E-state index contributed by atoms with van der Waals surface area (Å²) in [5.41, 5.74) is -1.28. The van der Waals surface area contributed by atoms with E-state index in [9.17, 15) is 14.4 Å². The van der Waals surface area contributed by atoms with Gasteiger partial charge in [-0.2, -0.15) is 0 Å². The average molecular weight is 461 g/mol. The first-order valence-electron chi connectivity index (χ1n) is 9.64. The molecule has 0 saturated heterocycles. The molecule has 1 aliphatic carbocycles. The van der Waals surface area contributed by atoms with E-state index in [2.05, 4.69) is 15.9 Å². The Kier molecular flexibility index (Phi) is 4.09. The van der Waals surface area contributed by atoms with Gasteiger partial charge in [-0.3, -0.25) is 14.4 Å². The minimum Gasteiger partial charge on any atom is -0.425 e. The van der Waals surface area contributed by atoms with Crippen LogP contribution in [0.4, 0.5) is 0 Å². The molecular formula is C25H17BrO4. The van der Waals surface area contributed by atoms with Gasteiger partial charge < -0.3 is 4.74 Å². The van der Waals surface area contributed by atoms with Gasteiger partial charge in [0.1, 0.15) is 5.75 Å². The Morgan fingerprint density at radius 2 is 1.43 bits per heavy atom. The second-order valence-corrected chi connectivity index (χ2v) is 8.82. The lowest BCUT2D eigenvalue weighted by Crippen LogP contribution is -2.39. The topological polar surface area (TPSA) is 60.4 Å². The zero-order valence-electron chi connectivity index (χ0n) is 16.1. The Bertz CT molecular complexity index is 1200. The molecule has 0 amide bonds. The van der Waals surface area contributed by atoms with E-state index in [1.54, 1.807) is 73.7 Å². The monoisotopic (exact) mass is 460 g/mol. The molecular weight excluding hydrogens is 444 g/mol. The Morgan fingerprint density at radius 1 is 0.867 bits per heavy atom. The van der Waals surface area contributed by atoms with Gasteiger partial charge in [-0.1, -0.05) is 83.5 Å². The summed E-state index contributed by atoms with van der Waals surface area (Å²) in [6.07, 6.45) is 0. The molecule has 5 heteroatoms. The van der Waals surface area contributed by atoms with Crippen LogP contribution in [-0.2, 0) is 4.79 Å². The molecule has 0 radical (unpaired) electrons. The van der Waals surface area contributed by atoms with Gasteiger partial charge in [0.2, 0.25) is 0 Å². The van der Waals surface area contributed by atoms with Crippen molar-refractivity contribution in [3.63, 3.8) is 0 Å². The maximum atomic E-state index is 13.8. The van der Waals surface area contributed by atoms with Gasteiger partial charge in [0, 0.05) is 27.1 Å². The molecule has 148 valence electrons. The average Bonchev–Trinajstić information content (AvgIpc) is 3.37. The fraction of sp³-hybridized carbons (Fsp3) is 0.160. The summed E-state index contributed by atoms with van der Waals surface area (Å²) in [7, 11) is 0. The maximum Gasteiger partial charge on any atom is 0.327 e. The summed E-state index contributed by atoms with van der Waals surface area (Å²) in [5, 5.41) is 0. The van der Waals surface area contributed by atoms with Crippen LogP contribution >= 0.6 is 15.9 Å². The summed E-state index contributed by atoms with van der Waals surface area (Å²) >= 11 is 3.46. The van der Waals surface area contributed by atoms with Crippen LogP contribution in [0, 0.1) is 10.8 Å². The molecule has 3 atom stereocenters. The third-order valence-electron chi connectivity index (χ3n) is 6.46. The molecule has 0 bridgehead atoms. The lowest BCUT2D eigenvalue weighted by Gasteiger charge is -2.23. The van der Waals surface area contributed by atoms with Crippen LogP contribution in [0.2, 0.25) is 0 Å². The van der Waals surface area contributed by atoms with Crippen molar-refractivity contribution in [2.24, 2.45) is 10.8 Å². The lowest BCUT2D eigenvalue weighted by atomic mass is 9.82. The molecule has 0 spiro atoms. The highest BCUT2D eigenvalue weighted by Crippen LogP contribution is 2.79. The van der Waals surface area contributed by atoms with Crippen LogP contribution in [-0.4, -0.2) is 17.5 Å². The molecule has 1 fully saturated rings. The van der Waals surface area contributed by atoms with Crippen molar-refractivity contribution in [1.29, 1.82) is 0 Å². The van der Waals surface area contributed by atoms with Crippen LogP contribution in [0.5, 0.6) is 5.75 Å². The number of carbonyl (C=O) groups excluding carboxylic acids is 3. The number of ketones is 2. The van der Waals surface area contributed by atoms with Gasteiger partial charge in [0.05, 0.1) is 5.41 Å². The van der Waals surface area contributed by atoms with E-state index in [0.29, 0.717) is 22.4 Å². The highest BCUT2D eigenvalue weighted by Gasteiger charge is 2.87. The Hall–Kier alpha value is -3.05. The molecule has 30 heavy (non-hydrogen) atoms. The van der Waals surface area contributed by atoms with E-state index in [4.69, 9.17) is 4.74 Å². The van der Waals surface area contributed by atoms with Crippen molar-refractivity contribution in [2.75, 3.05) is 0 Å². The molecule has 5 rings (SSSR count). The fourth-order valence-electron chi connectivity index (χ4n) is 4.99. The van der Waals surface area contributed by atoms with Gasteiger partial charge in [-0.05, 0) is 18.2 Å². The number of hydrogen-bond donors (Lipinski definition) is 0. The van der Waals surface area contributed by atoms with Crippen molar-refractivity contribution in [3.05, 3.63) is 100 Å². The van der Waals surface area contributed by atoms with E-state index in [1.807, 2.05) is 12.1 Å². The summed E-state index contributed by atoms with van der Waals surface area (Å²) in [6, 6.07) is 22.7. The zero-order chi connectivity index (χ0) is 21.1. The molecule has 3 aromatic rings. The summed E-state index contributed by atoms with van der Waals surface area (Å²) in [5.74, 6) is -1.48. The predicted octanol–water partition coefficient (Wildman–Crippen LogP) is 5.22. The number of Topliss-reactive ketones (excluding diaryl/α,β-unsaturated/α-hetero) is 2. The number of benzene rings is 3. The van der Waals surface area contributed by atoms with E-state index >= 15 is 0 Å². The zero-order valence-corrected chi connectivity index (χ0v) is 17.7. The number of rotatable bonds is 4. The van der Waals surface area contributed by atoms with E-state index in [-0.39, 0.29) is 11.6 Å². The van der Waals surface area contributed by atoms with Gasteiger partial charge in [0.25, 0.3) is 0 Å². The van der Waals surface area contributed by atoms with Crippen molar-refractivity contribution >= 4 is 33.5 Å². The van der Waals surface area contributed by atoms with Gasteiger partial charge in [0.15, 0.2) is 17.0 Å². The van der Waals surface area contributed by atoms with E-state index in [1.165, 1.54) is 0 Å². The Balaban J connectivity index is 1.74. The third-order valence-corrected chi connectivity index (χ3v) is 6.95. The lowest BCUT2D eigenvalue weighted by molar-refractivity contribution is -0.140. The van der Waals surface area contributed by atoms with Gasteiger partial charge in [-0.15, -0.1) is 0 Å². The molecule has 1 saturated carbocycles. The molecule has 0 aromatic heterocycles. The molecule has 0 N–H and O–H groups in total. The second kappa shape index (κ2) is 6.47. The quantitative estimate of drug-likeness (QED) is 0.231. The van der Waals surface area contributed by atoms with Crippen LogP contribution in [0.15, 0.2) is 83.3 Å². The molecule has 1 aliphatic heterocycles. The third kappa shape index (κ3) is 2.30. The smallest absolute Gasteiger partial charge is 0.327 e. The minimum atomic E-state index is -1.59. The second-order valence-electron chi connectivity index (χ2n) is 7.91. The SMILES string of the molecule is CC1(C(=O)c2ccccc2)C2c3cc(Br)ccc3OC(=O)C21C(=O)c1ccccc1. The Morgan fingerprint density at radius 3 is 2.03 bits per heavy atom. The number of esters is 1. The fourth-order valence-corrected chi connectivity index (χ4v) is 5.37. The van der Waals surface area contributed by atoms with Gasteiger partial charge >= 0.3 is 5.97 Å². The molecule has 1 heterocycles. The van der Waals surface area contributed by atoms with Crippen molar-refractivity contribution in [3.8, 4) is 5.75 Å². The number of carbonyl (C=O) groups is 3. The number of halogens is 1. The number of ether oxygens (including phenoxy) is 1. The molecule has 2 aliphatic rings. The predicted molar refractivity (Wildman–Crippen MR) is 115 cm³/mol. The Labute approximate surface area is 182 Å². The maximum absolute atomic E-state index is 13.8. The number of hydrogen-bond acceptors (Lipinski definition) is 4. The minimum absolute atomic E-state index is 0.234. The van der Waals surface area contributed by atoms with Crippen LogP contribution < -0.4 is 4.74 Å². The molecule has 3 unspecified atom stereocenters. The standard InChI is InChI=1S/C25H17BrO4/c1-24(21(27)15-8-4-2-5-9-15)20-18-14-17(26)12-13-19(18)30-23(29)25(20,24)22(28)16-10-6-3-7-11-16/h2-14,20H,1H3. The summed E-state index contributed by atoms with van der Waals surface area (Å²) in [6.45, 7) is 1.71. The number of fused-ring (bicyclic) bond motifs is 3. The van der Waals surface area contributed by atoms with Crippen molar-refractivity contribution in [2.45, 2.75) is 12.8 Å². The van der Waals surface area contributed by atoms with Crippen LogP contribution in [0.1, 0.15) is 39.1 Å². The highest BCUT2D eigenvalue weighted by atomic mass is 79.9. The normalized spacial score (nSPS) is 26.2. The first kappa shape index (κ1) is 18.9. The first-order valence-corrected chi connectivity index (χ1v) is 10.4. The van der Waals surface area contributed by atoms with Gasteiger partial charge in [-0.25, -0.2) is 0 Å². The van der Waals surface area contributed by atoms with Crippen molar-refractivity contribution < 1.29 is 19.1 Å². The van der Waals surface area contributed by atoms with Crippen LogP contribution in [0.3, 0.4) is 0 Å².